The van der Waals surface area contributed by atoms with Crippen LogP contribution in [0, 0.1) is 17.8 Å². The predicted octanol–water partition coefficient (Wildman–Crippen LogP) is 2.81. The maximum Gasteiger partial charge on any atom is 0.224 e. The average molecular weight is 270 g/mol. The Labute approximate surface area is 119 Å². The number of anilines is 1. The van der Waals surface area contributed by atoms with Crippen LogP contribution in [0.2, 0.25) is 0 Å². The van der Waals surface area contributed by atoms with Crippen LogP contribution in [0.4, 0.5) is 5.69 Å². The molecule has 3 unspecified atom stereocenters. The molecule has 3 aliphatic carbocycles. The Balaban J connectivity index is 1.49. The minimum atomic E-state index is 0.202. The summed E-state index contributed by atoms with van der Waals surface area (Å²) in [5, 5.41) is 3.31. The Morgan fingerprint density at radius 1 is 1.15 bits per heavy atom. The smallest absolute Gasteiger partial charge is 0.224 e. The van der Waals surface area contributed by atoms with Gasteiger partial charge in [0.1, 0.15) is 0 Å². The third kappa shape index (κ3) is 1.91. The average Bonchev–Trinajstić information content (AvgIpc) is 2.92. The second kappa shape index (κ2) is 4.51. The highest BCUT2D eigenvalue weighted by molar-refractivity contribution is 5.83. The number of amides is 1. The van der Waals surface area contributed by atoms with Gasteiger partial charge >= 0.3 is 0 Å². The van der Waals surface area contributed by atoms with Gasteiger partial charge in [-0.25, -0.2) is 0 Å². The molecule has 106 valence electrons. The molecule has 2 fully saturated rings. The summed E-state index contributed by atoms with van der Waals surface area (Å²) in [7, 11) is 0. The molecular formula is C17H22N2O. The van der Waals surface area contributed by atoms with Gasteiger partial charge in [0.25, 0.3) is 0 Å². The van der Waals surface area contributed by atoms with Crippen LogP contribution in [0.5, 0.6) is 0 Å². The van der Waals surface area contributed by atoms with Gasteiger partial charge in [0, 0.05) is 11.6 Å². The maximum absolute atomic E-state index is 12.4. The van der Waals surface area contributed by atoms with Crippen molar-refractivity contribution >= 4 is 11.6 Å². The molecule has 3 aliphatic rings. The van der Waals surface area contributed by atoms with Gasteiger partial charge in [-0.15, -0.1) is 0 Å². The molecule has 4 rings (SSSR count). The molecule has 3 nitrogen and oxygen atoms in total. The molecule has 0 aliphatic heterocycles. The molecule has 0 saturated heterocycles. The highest BCUT2D eigenvalue weighted by Gasteiger charge is 2.56. The summed E-state index contributed by atoms with van der Waals surface area (Å²) in [5.74, 6) is 2.02. The summed E-state index contributed by atoms with van der Waals surface area (Å²) in [6, 6.07) is 6.32. The van der Waals surface area contributed by atoms with Crippen LogP contribution in [-0.2, 0) is 11.2 Å². The van der Waals surface area contributed by atoms with E-state index < -0.39 is 0 Å². The fourth-order valence-corrected chi connectivity index (χ4v) is 4.46. The highest BCUT2D eigenvalue weighted by Crippen LogP contribution is 2.57. The first-order valence-electron chi connectivity index (χ1n) is 7.93. The van der Waals surface area contributed by atoms with Crippen molar-refractivity contribution in [2.75, 3.05) is 5.73 Å². The lowest BCUT2D eigenvalue weighted by Gasteiger charge is -2.27. The first-order valence-corrected chi connectivity index (χ1v) is 7.93. The van der Waals surface area contributed by atoms with E-state index in [-0.39, 0.29) is 6.04 Å². The van der Waals surface area contributed by atoms with Crippen LogP contribution in [0.25, 0.3) is 0 Å². The molecule has 1 amide bonds. The number of rotatable bonds is 2. The number of carbonyl (C=O) groups is 1. The minimum Gasteiger partial charge on any atom is -0.399 e. The molecule has 0 spiro atoms. The molecule has 1 aromatic carbocycles. The number of nitrogens with one attached hydrogen (secondary N) is 1. The zero-order valence-electron chi connectivity index (χ0n) is 11.8. The molecule has 2 saturated carbocycles. The largest absolute Gasteiger partial charge is 0.399 e. The first-order chi connectivity index (χ1) is 9.74. The van der Waals surface area contributed by atoms with E-state index >= 15 is 0 Å². The van der Waals surface area contributed by atoms with Gasteiger partial charge in [0.05, 0.1) is 6.04 Å². The summed E-state index contributed by atoms with van der Waals surface area (Å²) in [5.41, 5.74) is 9.29. The van der Waals surface area contributed by atoms with Crippen molar-refractivity contribution < 1.29 is 4.79 Å². The molecule has 0 aromatic heterocycles. The van der Waals surface area contributed by atoms with Crippen LogP contribution in [0.1, 0.15) is 49.3 Å². The second-order valence-electron chi connectivity index (χ2n) is 6.70. The predicted molar refractivity (Wildman–Crippen MR) is 79.0 cm³/mol. The van der Waals surface area contributed by atoms with Crippen LogP contribution in [0.15, 0.2) is 18.2 Å². The van der Waals surface area contributed by atoms with E-state index in [2.05, 4.69) is 17.4 Å². The van der Waals surface area contributed by atoms with Crippen molar-refractivity contribution in [2.24, 2.45) is 17.8 Å². The van der Waals surface area contributed by atoms with E-state index in [1.807, 2.05) is 6.07 Å². The number of carbonyl (C=O) groups excluding carboxylic acids is 1. The summed E-state index contributed by atoms with van der Waals surface area (Å²) in [6.45, 7) is 0. The first kappa shape index (κ1) is 12.2. The van der Waals surface area contributed by atoms with E-state index in [1.54, 1.807) is 0 Å². The lowest BCUT2D eigenvalue weighted by Crippen LogP contribution is -2.33. The Bertz CT molecular complexity index is 544. The van der Waals surface area contributed by atoms with Crippen molar-refractivity contribution in [3.05, 3.63) is 29.3 Å². The zero-order valence-corrected chi connectivity index (χ0v) is 11.8. The molecule has 0 radical (unpaired) electrons. The molecule has 20 heavy (non-hydrogen) atoms. The summed E-state index contributed by atoms with van der Waals surface area (Å²) in [4.78, 5) is 12.4. The van der Waals surface area contributed by atoms with Gasteiger partial charge in [0.2, 0.25) is 5.91 Å². The van der Waals surface area contributed by atoms with Gasteiger partial charge in [0.15, 0.2) is 0 Å². The zero-order chi connectivity index (χ0) is 13.7. The van der Waals surface area contributed by atoms with Crippen LogP contribution in [-0.4, -0.2) is 5.91 Å². The van der Waals surface area contributed by atoms with E-state index in [4.69, 9.17) is 5.73 Å². The number of hydrogen-bond acceptors (Lipinski definition) is 2. The monoisotopic (exact) mass is 270 g/mol. The van der Waals surface area contributed by atoms with Crippen molar-refractivity contribution in [3.8, 4) is 0 Å². The molecule has 1 aromatic rings. The van der Waals surface area contributed by atoms with E-state index in [0.29, 0.717) is 23.7 Å². The van der Waals surface area contributed by atoms with Gasteiger partial charge in [-0.2, -0.15) is 0 Å². The molecule has 3 N–H and O–H groups in total. The minimum absolute atomic E-state index is 0.202. The number of benzene rings is 1. The van der Waals surface area contributed by atoms with Crippen LogP contribution in [0.3, 0.4) is 0 Å². The van der Waals surface area contributed by atoms with Gasteiger partial charge in [-0.05, 0) is 67.2 Å². The number of aryl methyl sites for hydroxylation is 1. The second-order valence-corrected chi connectivity index (χ2v) is 6.70. The lowest BCUT2D eigenvalue weighted by molar-refractivity contribution is -0.123. The van der Waals surface area contributed by atoms with Crippen molar-refractivity contribution in [1.29, 1.82) is 0 Å². The van der Waals surface area contributed by atoms with Crippen molar-refractivity contribution in [1.82, 2.24) is 5.32 Å². The van der Waals surface area contributed by atoms with Crippen molar-refractivity contribution in [2.45, 2.75) is 44.6 Å². The number of hydrogen-bond donors (Lipinski definition) is 2. The fraction of sp³-hybridized carbons (Fsp3) is 0.588. The molecular weight excluding hydrogens is 248 g/mol. The quantitative estimate of drug-likeness (QED) is 0.812. The summed E-state index contributed by atoms with van der Waals surface area (Å²) < 4.78 is 0. The number of nitrogen functional groups attached to an aromatic ring is 1. The Morgan fingerprint density at radius 2 is 1.95 bits per heavy atom. The normalized spacial score (nSPS) is 34.2. The molecule has 3 heteroatoms. The third-order valence-corrected chi connectivity index (χ3v) is 5.51. The fourth-order valence-electron chi connectivity index (χ4n) is 4.46. The van der Waals surface area contributed by atoms with Crippen LogP contribution < -0.4 is 11.1 Å². The van der Waals surface area contributed by atoms with Crippen LogP contribution >= 0.6 is 0 Å². The number of fused-ring (bicyclic) bond motifs is 2. The summed E-state index contributed by atoms with van der Waals surface area (Å²) >= 11 is 0. The van der Waals surface area contributed by atoms with E-state index in [1.165, 1.54) is 30.4 Å². The van der Waals surface area contributed by atoms with E-state index in [0.717, 1.165) is 24.9 Å². The van der Waals surface area contributed by atoms with Gasteiger partial charge < -0.3 is 11.1 Å². The third-order valence-electron chi connectivity index (χ3n) is 5.51. The standard InChI is InChI=1S/C17H22N2O/c18-11-7-8-12-10(9-11)3-1-6-15(12)19-17(20)16-13-4-2-5-14(13)16/h7-9,13-16H,1-6,18H2,(H,19,20). The molecule has 3 atom stereocenters. The van der Waals surface area contributed by atoms with E-state index in [9.17, 15) is 4.79 Å². The Morgan fingerprint density at radius 3 is 2.75 bits per heavy atom. The maximum atomic E-state index is 12.4. The van der Waals surface area contributed by atoms with Gasteiger partial charge in [-0.1, -0.05) is 12.5 Å². The highest BCUT2D eigenvalue weighted by atomic mass is 16.2. The molecule has 0 bridgehead atoms. The SMILES string of the molecule is Nc1ccc2c(c1)CCCC2NC(=O)C1C2CCCC21. The van der Waals surface area contributed by atoms with Gasteiger partial charge in [-0.3, -0.25) is 4.79 Å². The topological polar surface area (TPSA) is 55.1 Å². The van der Waals surface area contributed by atoms with Crippen molar-refractivity contribution in [3.63, 3.8) is 0 Å². The molecule has 0 heterocycles. The Kier molecular flexibility index (Phi) is 2.76. The summed E-state index contributed by atoms with van der Waals surface area (Å²) in [6.07, 6.45) is 7.14. The number of nitrogens with two attached hydrogens (primary N) is 1. The Hall–Kier alpha value is -1.51. The lowest BCUT2D eigenvalue weighted by atomic mass is 9.87.